The summed E-state index contributed by atoms with van der Waals surface area (Å²) in [6.07, 6.45) is 4.54. The van der Waals surface area contributed by atoms with Gasteiger partial charge in [-0.05, 0) is 68.1 Å². The van der Waals surface area contributed by atoms with Crippen molar-refractivity contribution in [1.29, 1.82) is 0 Å². The third-order valence-corrected chi connectivity index (χ3v) is 6.71. The molecule has 1 atom stereocenters. The second kappa shape index (κ2) is 8.58. The number of benzene rings is 2. The van der Waals surface area contributed by atoms with E-state index >= 15 is 0 Å². The third-order valence-electron chi connectivity index (χ3n) is 6.71. The first-order valence-corrected chi connectivity index (χ1v) is 11.8. The Bertz CT molecular complexity index is 1130. The molecule has 6 nitrogen and oxygen atoms in total. The highest BCUT2D eigenvalue weighted by Gasteiger charge is 2.49. The van der Waals surface area contributed by atoms with Crippen molar-refractivity contribution >= 4 is 17.4 Å². The lowest BCUT2D eigenvalue weighted by Gasteiger charge is -2.31. The number of likely N-dealkylation sites (tertiary alicyclic amines) is 1. The molecule has 5 rings (SSSR count). The fraction of sp³-hybridized carbons (Fsp3) is 0.407. The molecular formula is C27H29NO5. The molecule has 2 heterocycles. The van der Waals surface area contributed by atoms with Gasteiger partial charge in [-0.15, -0.1) is 0 Å². The quantitative estimate of drug-likeness (QED) is 0.406. The van der Waals surface area contributed by atoms with Gasteiger partial charge in [-0.1, -0.05) is 25.0 Å². The number of rotatable bonds is 5. The molecule has 1 unspecified atom stereocenters. The minimum atomic E-state index is -0.645. The van der Waals surface area contributed by atoms with Gasteiger partial charge in [0.25, 0.3) is 11.7 Å². The van der Waals surface area contributed by atoms with Crippen molar-refractivity contribution < 1.29 is 24.2 Å². The maximum absolute atomic E-state index is 13.3. The van der Waals surface area contributed by atoms with Gasteiger partial charge in [0, 0.05) is 18.0 Å². The largest absolute Gasteiger partial charge is 0.507 e. The number of Topliss-reactive ketones (excluding diaryl/α,β-unsaturated/α-hetero) is 1. The van der Waals surface area contributed by atoms with Gasteiger partial charge in [0.2, 0.25) is 0 Å². The Labute approximate surface area is 193 Å². The summed E-state index contributed by atoms with van der Waals surface area (Å²) in [4.78, 5) is 28.3. The molecule has 1 aliphatic carbocycles. The van der Waals surface area contributed by atoms with Crippen molar-refractivity contribution in [2.24, 2.45) is 0 Å². The molecule has 172 valence electrons. The smallest absolute Gasteiger partial charge is 0.295 e. The van der Waals surface area contributed by atoms with Crippen LogP contribution in [-0.2, 0) is 16.0 Å². The monoisotopic (exact) mass is 447 g/mol. The highest BCUT2D eigenvalue weighted by Crippen LogP contribution is 2.44. The minimum Gasteiger partial charge on any atom is -0.507 e. The summed E-state index contributed by atoms with van der Waals surface area (Å²) in [6, 6.07) is 12.3. The van der Waals surface area contributed by atoms with E-state index in [1.165, 1.54) is 0 Å². The number of hydrogen-bond acceptors (Lipinski definition) is 5. The van der Waals surface area contributed by atoms with Crippen LogP contribution in [0.3, 0.4) is 0 Å². The topological polar surface area (TPSA) is 76.1 Å². The highest BCUT2D eigenvalue weighted by molar-refractivity contribution is 6.46. The number of aliphatic hydroxyl groups is 1. The normalized spacial score (nSPS) is 22.2. The van der Waals surface area contributed by atoms with Crippen LogP contribution in [0.25, 0.3) is 5.76 Å². The van der Waals surface area contributed by atoms with Crippen LogP contribution >= 0.6 is 0 Å². The first-order chi connectivity index (χ1) is 15.9. The van der Waals surface area contributed by atoms with Gasteiger partial charge in [-0.3, -0.25) is 9.59 Å². The van der Waals surface area contributed by atoms with Crippen molar-refractivity contribution in [3.8, 4) is 11.5 Å². The van der Waals surface area contributed by atoms with E-state index < -0.39 is 17.7 Å². The number of carbonyl (C=O) groups excluding carboxylic acids is 2. The van der Waals surface area contributed by atoms with Crippen LogP contribution in [0.15, 0.2) is 48.0 Å². The molecule has 2 aliphatic heterocycles. The van der Waals surface area contributed by atoms with E-state index in [4.69, 9.17) is 9.47 Å². The molecule has 1 N–H and O–H groups in total. The van der Waals surface area contributed by atoms with Gasteiger partial charge < -0.3 is 19.5 Å². The summed E-state index contributed by atoms with van der Waals surface area (Å²) in [6.45, 7) is 4.51. The molecule has 0 radical (unpaired) electrons. The molecule has 2 aromatic carbocycles. The fourth-order valence-corrected chi connectivity index (χ4v) is 5.26. The molecule has 2 fully saturated rings. The van der Waals surface area contributed by atoms with Crippen LogP contribution in [0.4, 0.5) is 0 Å². The van der Waals surface area contributed by atoms with E-state index in [-0.39, 0.29) is 23.5 Å². The minimum absolute atomic E-state index is 0.00456. The Morgan fingerprint density at radius 3 is 2.67 bits per heavy atom. The first-order valence-electron chi connectivity index (χ1n) is 11.8. The van der Waals surface area contributed by atoms with E-state index in [0.717, 1.165) is 49.0 Å². The number of fused-ring (bicyclic) bond motifs is 1. The van der Waals surface area contributed by atoms with Gasteiger partial charge >= 0.3 is 0 Å². The summed E-state index contributed by atoms with van der Waals surface area (Å²) in [5.74, 6) is 0.176. The summed E-state index contributed by atoms with van der Waals surface area (Å²) in [5.41, 5.74) is 2.44. The molecule has 33 heavy (non-hydrogen) atoms. The summed E-state index contributed by atoms with van der Waals surface area (Å²) < 4.78 is 11.5. The van der Waals surface area contributed by atoms with Gasteiger partial charge in [-0.25, -0.2) is 0 Å². The average Bonchev–Trinajstić information content (AvgIpc) is 3.53. The average molecular weight is 448 g/mol. The van der Waals surface area contributed by atoms with E-state index in [9.17, 15) is 14.7 Å². The number of carbonyl (C=O) groups is 2. The van der Waals surface area contributed by atoms with E-state index in [1.807, 2.05) is 50.2 Å². The molecule has 3 aliphatic rings. The van der Waals surface area contributed by atoms with Crippen molar-refractivity contribution in [1.82, 2.24) is 4.90 Å². The summed E-state index contributed by atoms with van der Waals surface area (Å²) in [7, 11) is 0. The second-order valence-corrected chi connectivity index (χ2v) is 9.30. The molecule has 2 aromatic rings. The van der Waals surface area contributed by atoms with Crippen molar-refractivity contribution in [2.75, 3.05) is 6.61 Å². The van der Waals surface area contributed by atoms with Crippen molar-refractivity contribution in [3.63, 3.8) is 0 Å². The lowest BCUT2D eigenvalue weighted by Crippen LogP contribution is -2.37. The van der Waals surface area contributed by atoms with Crippen LogP contribution in [0.2, 0.25) is 0 Å². The lowest BCUT2D eigenvalue weighted by atomic mass is 9.94. The number of aliphatic hydroxyl groups excluding tert-OH is 1. The summed E-state index contributed by atoms with van der Waals surface area (Å²) >= 11 is 0. The van der Waals surface area contributed by atoms with E-state index in [0.29, 0.717) is 17.9 Å². The van der Waals surface area contributed by atoms with Crippen LogP contribution in [0.5, 0.6) is 11.5 Å². The van der Waals surface area contributed by atoms with Crippen molar-refractivity contribution in [2.45, 2.75) is 64.1 Å². The Morgan fingerprint density at radius 1 is 1.12 bits per heavy atom. The van der Waals surface area contributed by atoms with Crippen LogP contribution in [-0.4, -0.2) is 40.4 Å². The zero-order valence-electron chi connectivity index (χ0n) is 19.0. The molecule has 1 saturated heterocycles. The van der Waals surface area contributed by atoms with E-state index in [2.05, 4.69) is 0 Å². The van der Waals surface area contributed by atoms with Gasteiger partial charge in [0.15, 0.2) is 0 Å². The fourth-order valence-electron chi connectivity index (χ4n) is 5.26. The maximum Gasteiger partial charge on any atom is 0.295 e. The zero-order valence-corrected chi connectivity index (χ0v) is 19.0. The van der Waals surface area contributed by atoms with Crippen LogP contribution in [0, 0.1) is 0 Å². The van der Waals surface area contributed by atoms with Gasteiger partial charge in [0.05, 0.1) is 24.3 Å². The number of hydrogen-bond donors (Lipinski definition) is 1. The molecule has 0 spiro atoms. The number of amides is 1. The van der Waals surface area contributed by atoms with Gasteiger partial charge in [-0.2, -0.15) is 0 Å². The second-order valence-electron chi connectivity index (χ2n) is 9.30. The predicted octanol–water partition coefficient (Wildman–Crippen LogP) is 4.77. The number of ether oxygens (including phenoxy) is 2. The first kappa shape index (κ1) is 21.6. The molecule has 6 heteroatoms. The molecule has 0 bridgehead atoms. The van der Waals surface area contributed by atoms with Gasteiger partial charge in [0.1, 0.15) is 17.3 Å². The molecule has 0 aromatic heterocycles. The van der Waals surface area contributed by atoms with Crippen LogP contribution in [0.1, 0.15) is 62.3 Å². The van der Waals surface area contributed by atoms with Crippen LogP contribution < -0.4 is 9.47 Å². The molecule has 1 saturated carbocycles. The zero-order chi connectivity index (χ0) is 23.1. The Morgan fingerprint density at radius 2 is 1.91 bits per heavy atom. The third kappa shape index (κ3) is 3.88. The lowest BCUT2D eigenvalue weighted by molar-refractivity contribution is -0.141. The number of nitrogens with zero attached hydrogens (tertiary/aromatic N) is 1. The SMILES string of the molecule is CC(C)Oc1cccc(C2/C(=C(/O)c3ccc4c(c3)CCO4)C(=O)C(=O)N2C2CCCC2)c1. The Kier molecular flexibility index (Phi) is 5.60. The predicted molar refractivity (Wildman–Crippen MR) is 124 cm³/mol. The van der Waals surface area contributed by atoms with E-state index in [1.54, 1.807) is 11.0 Å². The maximum atomic E-state index is 13.3. The van der Waals surface area contributed by atoms with Crippen molar-refractivity contribution in [3.05, 3.63) is 64.7 Å². The highest BCUT2D eigenvalue weighted by atomic mass is 16.5. The number of ketones is 1. The Balaban J connectivity index is 1.64. The molecule has 1 amide bonds. The molecular weight excluding hydrogens is 418 g/mol. The summed E-state index contributed by atoms with van der Waals surface area (Å²) in [5, 5.41) is 11.4. The standard InChI is InChI=1S/C27H29NO5/c1-16(2)33-21-9-5-6-18(15-21)24-23(26(30)27(31)28(24)20-7-3-4-8-20)25(29)19-10-11-22-17(14-19)12-13-32-22/h5-6,9-11,14-16,20,24,29H,3-4,7-8,12-13H2,1-2H3/b25-23-. The Hall–Kier alpha value is -3.28.